The van der Waals surface area contributed by atoms with E-state index in [1.54, 1.807) is 4.90 Å². The minimum absolute atomic E-state index is 0.0963. The van der Waals surface area contributed by atoms with Crippen molar-refractivity contribution < 1.29 is 9.59 Å². The zero-order valence-corrected chi connectivity index (χ0v) is 23.6. The number of benzene rings is 3. The van der Waals surface area contributed by atoms with Crippen LogP contribution in [-0.2, 0) is 11.8 Å². The molecule has 6 rings (SSSR count). The normalized spacial score (nSPS) is 17.6. The van der Waals surface area contributed by atoms with Crippen molar-refractivity contribution >= 4 is 22.7 Å². The second kappa shape index (κ2) is 10.8. The number of aromatic nitrogens is 1. The van der Waals surface area contributed by atoms with Gasteiger partial charge in [-0.05, 0) is 69.2 Å². The maximum atomic E-state index is 14.0. The van der Waals surface area contributed by atoms with E-state index in [9.17, 15) is 9.59 Å². The van der Waals surface area contributed by atoms with Gasteiger partial charge in [-0.2, -0.15) is 0 Å². The van der Waals surface area contributed by atoms with Crippen molar-refractivity contribution in [3.8, 4) is 11.3 Å². The number of nitrogens with zero attached hydrogens (tertiary/aromatic N) is 2. The molecule has 2 unspecified atom stereocenters. The van der Waals surface area contributed by atoms with Crippen LogP contribution in [-0.4, -0.2) is 33.9 Å². The first kappa shape index (κ1) is 26.1. The Labute approximate surface area is 236 Å². The maximum absolute atomic E-state index is 14.0. The van der Waals surface area contributed by atoms with Gasteiger partial charge in [-0.15, -0.1) is 0 Å². The average molecular weight is 532 g/mol. The highest BCUT2D eigenvalue weighted by molar-refractivity contribution is 6.04. The third-order valence-electron chi connectivity index (χ3n) is 8.67. The lowest BCUT2D eigenvalue weighted by molar-refractivity contribution is -0.125. The zero-order valence-electron chi connectivity index (χ0n) is 23.6. The van der Waals surface area contributed by atoms with E-state index in [0.29, 0.717) is 12.1 Å². The lowest BCUT2D eigenvalue weighted by atomic mass is 9.92. The van der Waals surface area contributed by atoms with Gasteiger partial charge < -0.3 is 14.8 Å². The molecule has 0 radical (unpaired) electrons. The summed E-state index contributed by atoms with van der Waals surface area (Å²) >= 11 is 0. The first-order chi connectivity index (χ1) is 19.5. The van der Waals surface area contributed by atoms with E-state index < -0.39 is 6.04 Å². The van der Waals surface area contributed by atoms with Crippen LogP contribution in [0.2, 0.25) is 0 Å². The standard InChI is InChI=1S/C35H37N3O2/c1-23-17-19-26(20-18-23)32-31(29-15-9-10-16-30(29)37(32)3)33-27-13-7-8-14-28(27)35(40)38(33)24(2)34(39)36-22-21-25-11-5-4-6-12-25/h7-11,13-20,24,33H,4-6,12,21-22H2,1-3H3,(H,36,39). The molecule has 1 aromatic heterocycles. The molecule has 5 heteroatoms. The van der Waals surface area contributed by atoms with Crippen molar-refractivity contribution in [2.75, 3.05) is 6.54 Å². The smallest absolute Gasteiger partial charge is 0.255 e. The fourth-order valence-electron chi connectivity index (χ4n) is 6.54. The third-order valence-corrected chi connectivity index (χ3v) is 8.67. The highest BCUT2D eigenvalue weighted by Gasteiger charge is 2.44. The van der Waals surface area contributed by atoms with E-state index in [1.165, 1.54) is 24.0 Å². The van der Waals surface area contributed by atoms with Gasteiger partial charge in [0.05, 0.1) is 11.7 Å². The Morgan fingerprint density at radius 1 is 1.00 bits per heavy atom. The molecule has 5 nitrogen and oxygen atoms in total. The molecule has 0 saturated heterocycles. The number of rotatable bonds is 7. The molecule has 1 aliphatic heterocycles. The Kier molecular flexibility index (Phi) is 7.05. The molecular weight excluding hydrogens is 494 g/mol. The van der Waals surface area contributed by atoms with Crippen LogP contribution in [0.1, 0.15) is 72.1 Å². The van der Waals surface area contributed by atoms with Crippen LogP contribution in [0, 0.1) is 6.92 Å². The van der Waals surface area contributed by atoms with E-state index >= 15 is 0 Å². The van der Waals surface area contributed by atoms with Crippen LogP contribution in [0.5, 0.6) is 0 Å². The fraction of sp³-hybridized carbons (Fsp3) is 0.314. The van der Waals surface area contributed by atoms with Crippen LogP contribution >= 0.6 is 0 Å². The highest BCUT2D eigenvalue weighted by Crippen LogP contribution is 2.47. The van der Waals surface area contributed by atoms with Gasteiger partial charge in [-0.3, -0.25) is 9.59 Å². The number of hydrogen-bond acceptors (Lipinski definition) is 2. The van der Waals surface area contributed by atoms with Crippen LogP contribution in [0.3, 0.4) is 0 Å². The van der Waals surface area contributed by atoms with Crippen LogP contribution in [0.25, 0.3) is 22.2 Å². The Morgan fingerprint density at radius 2 is 1.75 bits per heavy atom. The van der Waals surface area contributed by atoms with Gasteiger partial charge >= 0.3 is 0 Å². The number of nitrogens with one attached hydrogen (secondary N) is 1. The first-order valence-electron chi connectivity index (χ1n) is 14.5. The summed E-state index contributed by atoms with van der Waals surface area (Å²) in [7, 11) is 2.09. The van der Waals surface area contributed by atoms with Crippen molar-refractivity contribution in [3.63, 3.8) is 0 Å². The zero-order chi connectivity index (χ0) is 27.8. The SMILES string of the molecule is Cc1ccc(-c2c(C3c4ccccc4C(=O)N3C(C)C(=O)NCCC3=CCCCC3)c3ccccc3n2C)cc1. The molecular formula is C35H37N3O2. The monoisotopic (exact) mass is 531 g/mol. The second-order valence-electron chi connectivity index (χ2n) is 11.2. The van der Waals surface area contributed by atoms with Gasteiger partial charge in [0.2, 0.25) is 5.91 Å². The van der Waals surface area contributed by atoms with Crippen molar-refractivity contribution in [2.24, 2.45) is 7.05 Å². The number of allylic oxidation sites excluding steroid dienone is 1. The molecule has 2 atom stereocenters. The van der Waals surface area contributed by atoms with E-state index in [0.717, 1.165) is 52.5 Å². The molecule has 2 heterocycles. The number of hydrogen-bond donors (Lipinski definition) is 1. The van der Waals surface area contributed by atoms with Gasteiger partial charge in [0.25, 0.3) is 5.91 Å². The molecule has 0 bridgehead atoms. The average Bonchev–Trinajstić information content (AvgIpc) is 3.44. The molecule has 2 amide bonds. The minimum Gasteiger partial charge on any atom is -0.354 e. The number of carbonyl (C=O) groups is 2. The molecule has 0 fully saturated rings. The molecule has 2 aliphatic rings. The summed E-state index contributed by atoms with van der Waals surface area (Å²) in [5.41, 5.74) is 8.56. The number of carbonyl (C=O) groups excluding carboxylic acids is 2. The molecule has 1 N–H and O–H groups in total. The maximum Gasteiger partial charge on any atom is 0.255 e. The molecule has 40 heavy (non-hydrogen) atoms. The van der Waals surface area contributed by atoms with Gasteiger partial charge in [-0.1, -0.05) is 77.9 Å². The lowest BCUT2D eigenvalue weighted by Gasteiger charge is -2.31. The van der Waals surface area contributed by atoms with Crippen molar-refractivity contribution in [1.82, 2.24) is 14.8 Å². The molecule has 1 aliphatic carbocycles. The molecule has 3 aromatic carbocycles. The summed E-state index contributed by atoms with van der Waals surface area (Å²) in [6.45, 7) is 4.55. The Balaban J connectivity index is 1.43. The minimum atomic E-state index is -0.630. The Bertz CT molecular complexity index is 1610. The van der Waals surface area contributed by atoms with Crippen molar-refractivity contribution in [1.29, 1.82) is 0 Å². The van der Waals surface area contributed by atoms with E-state index in [2.05, 4.69) is 66.3 Å². The Morgan fingerprint density at radius 3 is 2.52 bits per heavy atom. The van der Waals surface area contributed by atoms with Gasteiger partial charge in [-0.25, -0.2) is 0 Å². The van der Waals surface area contributed by atoms with Gasteiger partial charge in [0.15, 0.2) is 0 Å². The third kappa shape index (κ3) is 4.53. The van der Waals surface area contributed by atoms with E-state index in [4.69, 9.17) is 0 Å². The topological polar surface area (TPSA) is 54.3 Å². The highest BCUT2D eigenvalue weighted by atomic mass is 16.2. The summed E-state index contributed by atoms with van der Waals surface area (Å²) in [5, 5.41) is 4.24. The predicted molar refractivity (Wildman–Crippen MR) is 161 cm³/mol. The summed E-state index contributed by atoms with van der Waals surface area (Å²) in [5.74, 6) is -0.208. The molecule has 204 valence electrons. The van der Waals surface area contributed by atoms with Crippen molar-refractivity contribution in [2.45, 2.75) is 58.0 Å². The number of para-hydroxylation sites is 1. The fourth-order valence-corrected chi connectivity index (χ4v) is 6.54. The predicted octanol–water partition coefficient (Wildman–Crippen LogP) is 7.09. The lowest BCUT2D eigenvalue weighted by Crippen LogP contribution is -2.47. The summed E-state index contributed by atoms with van der Waals surface area (Å²) < 4.78 is 2.22. The number of aryl methyl sites for hydroxylation is 2. The van der Waals surface area contributed by atoms with Gasteiger partial charge in [0.1, 0.15) is 6.04 Å². The molecule has 0 spiro atoms. The largest absolute Gasteiger partial charge is 0.354 e. The number of fused-ring (bicyclic) bond motifs is 2. The van der Waals surface area contributed by atoms with Gasteiger partial charge in [0, 0.05) is 35.6 Å². The summed E-state index contributed by atoms with van der Waals surface area (Å²) in [4.78, 5) is 29.4. The molecule has 0 saturated carbocycles. The van der Waals surface area contributed by atoms with Crippen LogP contribution in [0.4, 0.5) is 0 Å². The number of amides is 2. The van der Waals surface area contributed by atoms with Crippen LogP contribution < -0.4 is 5.32 Å². The van der Waals surface area contributed by atoms with E-state index in [-0.39, 0.29) is 17.9 Å². The van der Waals surface area contributed by atoms with E-state index in [1.807, 2.05) is 43.3 Å². The first-order valence-corrected chi connectivity index (χ1v) is 14.5. The van der Waals surface area contributed by atoms with Crippen LogP contribution in [0.15, 0.2) is 84.4 Å². The second-order valence-corrected chi connectivity index (χ2v) is 11.2. The Hall–Kier alpha value is -4.12. The van der Waals surface area contributed by atoms with Crippen molar-refractivity contribution in [3.05, 3.63) is 107 Å². The quantitative estimate of drug-likeness (QED) is 0.259. The molecule has 4 aromatic rings. The summed E-state index contributed by atoms with van der Waals surface area (Å²) in [6, 6.07) is 23.7. The summed E-state index contributed by atoms with van der Waals surface area (Å²) in [6.07, 6.45) is 7.93.